The molecule has 0 N–H and O–H groups in total. The summed E-state index contributed by atoms with van der Waals surface area (Å²) in [5.41, 5.74) is 2.81. The first-order valence-electron chi connectivity index (χ1n) is 12.6. The maximum Gasteiger partial charge on any atom is 0.0928 e. The Morgan fingerprint density at radius 1 is 0.767 bits per heavy atom. The van der Waals surface area contributed by atoms with Gasteiger partial charge in [-0.1, -0.05) is 74.9 Å². The zero-order chi connectivity index (χ0) is 21.0. The van der Waals surface area contributed by atoms with Crippen LogP contribution in [0.25, 0.3) is 0 Å². The van der Waals surface area contributed by atoms with Crippen LogP contribution in [0.15, 0.2) is 36.4 Å². The molecule has 0 atom stereocenters. The molecule has 0 radical (unpaired) electrons. The number of hydrogen-bond acceptors (Lipinski definition) is 1. The van der Waals surface area contributed by atoms with E-state index in [0.29, 0.717) is 13.0 Å². The van der Waals surface area contributed by atoms with Gasteiger partial charge in [0.1, 0.15) is 0 Å². The Labute approximate surface area is 184 Å². The standard InChI is InChI=1S/C28H43FO/c1-30-22-26-15-19-28(20-16-26)27-17-13-25(14-18-27)12-11-24-9-7-23(8-10-24)6-4-2-3-5-21-29/h2-3,15-16,19-20,23-25,27H,4-14,17-18,21-22H2,1H3. The summed E-state index contributed by atoms with van der Waals surface area (Å²) in [5.74, 6) is 3.64. The van der Waals surface area contributed by atoms with Crippen molar-refractivity contribution < 1.29 is 9.13 Å². The van der Waals surface area contributed by atoms with Gasteiger partial charge in [-0.15, -0.1) is 0 Å². The Bertz CT molecular complexity index is 592. The number of benzene rings is 1. The number of hydrogen-bond donors (Lipinski definition) is 0. The number of alkyl halides is 1. The minimum atomic E-state index is -0.217. The summed E-state index contributed by atoms with van der Waals surface area (Å²) in [6.45, 7) is 0.498. The van der Waals surface area contributed by atoms with Crippen molar-refractivity contribution >= 4 is 0 Å². The number of allylic oxidation sites excluding steroid dienone is 2. The molecule has 0 heterocycles. The lowest BCUT2D eigenvalue weighted by atomic mass is 9.74. The van der Waals surface area contributed by atoms with Crippen molar-refractivity contribution in [1.82, 2.24) is 0 Å². The molecular formula is C28H43FO. The summed E-state index contributed by atoms with van der Waals surface area (Å²) in [6, 6.07) is 9.13. The molecule has 2 heteroatoms. The average molecular weight is 415 g/mol. The van der Waals surface area contributed by atoms with E-state index in [-0.39, 0.29) is 6.67 Å². The van der Waals surface area contributed by atoms with Crippen LogP contribution in [0.3, 0.4) is 0 Å². The van der Waals surface area contributed by atoms with Gasteiger partial charge in [0.15, 0.2) is 0 Å². The average Bonchev–Trinajstić information content (AvgIpc) is 2.79. The fourth-order valence-electron chi connectivity index (χ4n) is 5.75. The van der Waals surface area contributed by atoms with Crippen LogP contribution in [0.5, 0.6) is 0 Å². The van der Waals surface area contributed by atoms with E-state index in [1.807, 2.05) is 6.08 Å². The van der Waals surface area contributed by atoms with Crippen molar-refractivity contribution in [2.24, 2.45) is 17.8 Å². The Hall–Kier alpha value is -1.15. The summed E-state index contributed by atoms with van der Waals surface area (Å²) in [5, 5.41) is 0. The lowest BCUT2D eigenvalue weighted by molar-refractivity contribution is 0.185. The van der Waals surface area contributed by atoms with Crippen LogP contribution >= 0.6 is 0 Å². The molecule has 1 aromatic carbocycles. The smallest absolute Gasteiger partial charge is 0.0928 e. The first-order chi connectivity index (χ1) is 14.8. The lowest BCUT2D eigenvalue weighted by Crippen LogP contribution is -2.17. The van der Waals surface area contributed by atoms with Gasteiger partial charge in [0.25, 0.3) is 0 Å². The molecule has 0 spiro atoms. The van der Waals surface area contributed by atoms with E-state index in [2.05, 4.69) is 30.3 Å². The van der Waals surface area contributed by atoms with Crippen molar-refractivity contribution in [2.45, 2.75) is 96.0 Å². The summed E-state index contributed by atoms with van der Waals surface area (Å²) in [6.07, 6.45) is 21.5. The molecule has 168 valence electrons. The van der Waals surface area contributed by atoms with Gasteiger partial charge in [0, 0.05) is 7.11 Å². The number of methoxy groups -OCH3 is 1. The molecule has 30 heavy (non-hydrogen) atoms. The van der Waals surface area contributed by atoms with E-state index in [9.17, 15) is 4.39 Å². The zero-order valence-corrected chi connectivity index (χ0v) is 19.2. The highest BCUT2D eigenvalue weighted by molar-refractivity contribution is 5.25. The molecule has 3 rings (SSSR count). The fraction of sp³-hybridized carbons (Fsp3) is 0.714. The fourth-order valence-corrected chi connectivity index (χ4v) is 5.75. The van der Waals surface area contributed by atoms with Gasteiger partial charge in [-0.2, -0.15) is 0 Å². The van der Waals surface area contributed by atoms with Crippen LogP contribution in [0.2, 0.25) is 0 Å². The second-order valence-corrected chi connectivity index (χ2v) is 9.88. The summed E-state index contributed by atoms with van der Waals surface area (Å²) in [4.78, 5) is 0. The van der Waals surface area contributed by atoms with Crippen LogP contribution in [0, 0.1) is 17.8 Å². The van der Waals surface area contributed by atoms with E-state index in [4.69, 9.17) is 4.74 Å². The second-order valence-electron chi connectivity index (χ2n) is 9.88. The highest BCUT2D eigenvalue weighted by Crippen LogP contribution is 2.40. The first kappa shape index (κ1) is 23.5. The molecule has 0 aromatic heterocycles. The maximum absolute atomic E-state index is 12.1. The quantitative estimate of drug-likeness (QED) is 0.330. The van der Waals surface area contributed by atoms with Crippen LogP contribution in [-0.4, -0.2) is 13.8 Å². The highest BCUT2D eigenvalue weighted by Gasteiger charge is 2.25. The second kappa shape index (κ2) is 13.3. The molecule has 2 aliphatic carbocycles. The number of ether oxygens (including phenoxy) is 1. The third-order valence-electron chi connectivity index (χ3n) is 7.74. The van der Waals surface area contributed by atoms with Gasteiger partial charge >= 0.3 is 0 Å². The third-order valence-corrected chi connectivity index (χ3v) is 7.74. The van der Waals surface area contributed by atoms with Gasteiger partial charge in [0.2, 0.25) is 0 Å². The highest BCUT2D eigenvalue weighted by atomic mass is 19.1. The van der Waals surface area contributed by atoms with E-state index in [0.717, 1.165) is 30.1 Å². The summed E-state index contributed by atoms with van der Waals surface area (Å²) in [7, 11) is 1.76. The first-order valence-corrected chi connectivity index (χ1v) is 12.6. The largest absolute Gasteiger partial charge is 0.380 e. The monoisotopic (exact) mass is 414 g/mol. The van der Waals surface area contributed by atoms with Crippen molar-refractivity contribution in [1.29, 1.82) is 0 Å². The van der Waals surface area contributed by atoms with Crippen molar-refractivity contribution in [3.8, 4) is 0 Å². The Morgan fingerprint density at radius 2 is 1.30 bits per heavy atom. The van der Waals surface area contributed by atoms with Gasteiger partial charge < -0.3 is 4.74 Å². The van der Waals surface area contributed by atoms with Gasteiger partial charge in [-0.05, 0) is 79.7 Å². The minimum absolute atomic E-state index is 0.217. The van der Waals surface area contributed by atoms with Gasteiger partial charge in [0.05, 0.1) is 13.3 Å². The molecule has 0 saturated heterocycles. The van der Waals surface area contributed by atoms with E-state index in [1.165, 1.54) is 81.8 Å². The maximum atomic E-state index is 12.1. The van der Waals surface area contributed by atoms with E-state index >= 15 is 0 Å². The zero-order valence-electron chi connectivity index (χ0n) is 19.2. The molecule has 2 saturated carbocycles. The summed E-state index contributed by atoms with van der Waals surface area (Å²) >= 11 is 0. The number of halogens is 1. The molecule has 0 amide bonds. The Kier molecular flexibility index (Phi) is 10.4. The molecule has 0 bridgehead atoms. The van der Waals surface area contributed by atoms with Crippen LogP contribution in [0.4, 0.5) is 4.39 Å². The molecule has 1 nitrogen and oxygen atoms in total. The van der Waals surface area contributed by atoms with Crippen molar-refractivity contribution in [3.63, 3.8) is 0 Å². The topological polar surface area (TPSA) is 9.23 Å². The minimum Gasteiger partial charge on any atom is -0.380 e. The molecule has 0 unspecified atom stereocenters. The lowest BCUT2D eigenvalue weighted by Gasteiger charge is -2.32. The van der Waals surface area contributed by atoms with Crippen LogP contribution in [-0.2, 0) is 11.3 Å². The van der Waals surface area contributed by atoms with E-state index < -0.39 is 0 Å². The number of rotatable bonds is 11. The van der Waals surface area contributed by atoms with Crippen molar-refractivity contribution in [2.75, 3.05) is 13.8 Å². The third kappa shape index (κ3) is 7.84. The Morgan fingerprint density at radius 3 is 1.87 bits per heavy atom. The SMILES string of the molecule is COCc1ccc(C2CCC(CCC3CCC(CCC=CCCF)CC3)CC2)cc1. The molecule has 2 fully saturated rings. The predicted molar refractivity (Wildman–Crippen MR) is 126 cm³/mol. The molecular weight excluding hydrogens is 371 g/mol. The Balaban J connectivity index is 1.28. The van der Waals surface area contributed by atoms with Crippen LogP contribution < -0.4 is 0 Å². The molecule has 0 aliphatic heterocycles. The normalized spacial score (nSPS) is 27.5. The van der Waals surface area contributed by atoms with Gasteiger partial charge in [-0.3, -0.25) is 4.39 Å². The van der Waals surface area contributed by atoms with Gasteiger partial charge in [-0.25, -0.2) is 0 Å². The van der Waals surface area contributed by atoms with E-state index in [1.54, 1.807) is 7.11 Å². The predicted octanol–water partition coefficient (Wildman–Crippen LogP) is 8.39. The van der Waals surface area contributed by atoms with Crippen molar-refractivity contribution in [3.05, 3.63) is 47.5 Å². The van der Waals surface area contributed by atoms with Crippen LogP contribution in [0.1, 0.15) is 101 Å². The molecule has 1 aromatic rings. The molecule has 2 aliphatic rings. The summed E-state index contributed by atoms with van der Waals surface area (Å²) < 4.78 is 17.3.